The smallest absolute Gasteiger partial charge is 0.231 e. The highest BCUT2D eigenvalue weighted by Gasteiger charge is 2.15. The van der Waals surface area contributed by atoms with Crippen LogP contribution in [0.5, 0.6) is 11.5 Å². The number of hydrogen-bond donors (Lipinski definition) is 1. The molecule has 2 aromatic rings. The average molecular weight is 258 g/mol. The van der Waals surface area contributed by atoms with Crippen molar-refractivity contribution in [3.8, 4) is 11.5 Å². The van der Waals surface area contributed by atoms with Crippen LogP contribution in [0.1, 0.15) is 24.2 Å². The number of aryl methyl sites for hydroxylation is 1. The van der Waals surface area contributed by atoms with E-state index < -0.39 is 0 Å². The van der Waals surface area contributed by atoms with Gasteiger partial charge >= 0.3 is 0 Å². The largest absolute Gasteiger partial charge is 0.454 e. The van der Waals surface area contributed by atoms with Crippen LogP contribution in [0.25, 0.3) is 0 Å². The summed E-state index contributed by atoms with van der Waals surface area (Å²) in [6.45, 7) is 3.32. The Balaban J connectivity index is 1.67. The van der Waals surface area contributed by atoms with Crippen LogP contribution in [0.2, 0.25) is 0 Å². The number of benzene rings is 1. The molecule has 0 radical (unpaired) electrons. The van der Waals surface area contributed by atoms with Crippen molar-refractivity contribution in [3.05, 3.63) is 47.8 Å². The minimum atomic E-state index is 0.268. The number of nitrogens with zero attached hydrogens (tertiary/aromatic N) is 1. The monoisotopic (exact) mass is 258 g/mol. The van der Waals surface area contributed by atoms with E-state index in [1.165, 1.54) is 11.3 Å². The fourth-order valence-corrected chi connectivity index (χ4v) is 2.24. The lowest BCUT2D eigenvalue weighted by Crippen LogP contribution is -2.19. The van der Waals surface area contributed by atoms with E-state index in [0.717, 1.165) is 18.0 Å². The van der Waals surface area contributed by atoms with E-state index in [1.54, 1.807) is 0 Å². The van der Waals surface area contributed by atoms with Crippen molar-refractivity contribution in [2.24, 2.45) is 7.05 Å². The van der Waals surface area contributed by atoms with Gasteiger partial charge in [-0.1, -0.05) is 6.07 Å². The second-order valence-corrected chi connectivity index (χ2v) is 4.83. The first-order valence-electron chi connectivity index (χ1n) is 6.47. The summed E-state index contributed by atoms with van der Waals surface area (Å²) < 4.78 is 12.9. The highest BCUT2D eigenvalue weighted by molar-refractivity contribution is 5.45. The molecule has 1 aromatic heterocycles. The Hall–Kier alpha value is -1.94. The molecule has 100 valence electrons. The third-order valence-corrected chi connectivity index (χ3v) is 3.54. The summed E-state index contributed by atoms with van der Waals surface area (Å²) in [5, 5.41) is 3.52. The Bertz CT molecular complexity index is 577. The van der Waals surface area contributed by atoms with Gasteiger partial charge in [-0.3, -0.25) is 0 Å². The molecule has 1 atom stereocenters. The SMILES string of the molecule is CC(NCc1cccn1C)c1ccc2c(c1)OCO2. The standard InChI is InChI=1S/C15H18N2O2/c1-11(16-9-13-4-3-7-17(13)2)12-5-6-14-15(8-12)19-10-18-14/h3-8,11,16H,9-10H2,1-2H3. The predicted octanol–water partition coefficient (Wildman–Crippen LogP) is 2.60. The summed E-state index contributed by atoms with van der Waals surface area (Å²) in [7, 11) is 2.06. The Morgan fingerprint density at radius 1 is 1.26 bits per heavy atom. The minimum Gasteiger partial charge on any atom is -0.454 e. The summed E-state index contributed by atoms with van der Waals surface area (Å²) in [5.41, 5.74) is 2.48. The molecule has 0 saturated heterocycles. The first-order valence-corrected chi connectivity index (χ1v) is 6.47. The van der Waals surface area contributed by atoms with E-state index in [4.69, 9.17) is 9.47 Å². The van der Waals surface area contributed by atoms with E-state index in [1.807, 2.05) is 12.1 Å². The van der Waals surface area contributed by atoms with Gasteiger partial charge in [0.2, 0.25) is 6.79 Å². The highest BCUT2D eigenvalue weighted by atomic mass is 16.7. The van der Waals surface area contributed by atoms with Crippen LogP contribution >= 0.6 is 0 Å². The molecule has 1 aliphatic rings. The molecule has 0 bridgehead atoms. The summed E-state index contributed by atoms with van der Waals surface area (Å²) in [6, 6.07) is 10.5. The van der Waals surface area contributed by atoms with Crippen LogP contribution in [-0.2, 0) is 13.6 Å². The molecule has 1 aromatic carbocycles. The van der Waals surface area contributed by atoms with E-state index in [0.29, 0.717) is 6.79 Å². The Morgan fingerprint density at radius 2 is 2.11 bits per heavy atom. The average Bonchev–Trinajstić information content (AvgIpc) is 3.03. The fraction of sp³-hybridized carbons (Fsp3) is 0.333. The summed E-state index contributed by atoms with van der Waals surface area (Å²) in [6.07, 6.45) is 2.06. The molecule has 0 fully saturated rings. The van der Waals surface area contributed by atoms with Gasteiger partial charge in [0.1, 0.15) is 0 Å². The summed E-state index contributed by atoms with van der Waals surface area (Å²) in [4.78, 5) is 0. The molecule has 0 aliphatic carbocycles. The van der Waals surface area contributed by atoms with Crippen LogP contribution in [0, 0.1) is 0 Å². The molecular weight excluding hydrogens is 240 g/mol. The first kappa shape index (κ1) is 12.1. The van der Waals surface area contributed by atoms with Crippen molar-refractivity contribution in [2.45, 2.75) is 19.5 Å². The maximum Gasteiger partial charge on any atom is 0.231 e. The first-order chi connectivity index (χ1) is 9.24. The van der Waals surface area contributed by atoms with E-state index in [9.17, 15) is 0 Å². The molecular formula is C15H18N2O2. The quantitative estimate of drug-likeness (QED) is 0.915. The molecule has 4 heteroatoms. The fourth-order valence-electron chi connectivity index (χ4n) is 2.24. The zero-order valence-corrected chi connectivity index (χ0v) is 11.2. The lowest BCUT2D eigenvalue weighted by Gasteiger charge is -2.15. The predicted molar refractivity (Wildman–Crippen MR) is 73.2 cm³/mol. The van der Waals surface area contributed by atoms with Gasteiger partial charge in [-0.15, -0.1) is 0 Å². The Morgan fingerprint density at radius 3 is 2.89 bits per heavy atom. The lowest BCUT2D eigenvalue weighted by molar-refractivity contribution is 0.174. The Kier molecular flexibility index (Phi) is 3.17. The van der Waals surface area contributed by atoms with Crippen LogP contribution in [0.3, 0.4) is 0 Å². The number of aromatic nitrogens is 1. The maximum atomic E-state index is 5.40. The molecule has 1 unspecified atom stereocenters. The molecule has 19 heavy (non-hydrogen) atoms. The van der Waals surface area contributed by atoms with Crippen molar-refractivity contribution in [1.29, 1.82) is 0 Å². The van der Waals surface area contributed by atoms with Crippen LogP contribution in [0.15, 0.2) is 36.5 Å². The van der Waals surface area contributed by atoms with Gasteiger partial charge in [-0.2, -0.15) is 0 Å². The van der Waals surface area contributed by atoms with Crippen molar-refractivity contribution in [3.63, 3.8) is 0 Å². The molecule has 0 spiro atoms. The summed E-state index contributed by atoms with van der Waals surface area (Å²) in [5.74, 6) is 1.67. The second kappa shape index (κ2) is 4.97. The van der Waals surface area contributed by atoms with Crippen LogP contribution in [0.4, 0.5) is 0 Å². The number of rotatable bonds is 4. The van der Waals surface area contributed by atoms with Crippen LogP contribution < -0.4 is 14.8 Å². The third kappa shape index (κ3) is 2.44. The number of hydrogen-bond acceptors (Lipinski definition) is 3. The number of ether oxygens (including phenoxy) is 2. The normalized spacial score (nSPS) is 14.6. The van der Waals surface area contributed by atoms with E-state index >= 15 is 0 Å². The molecule has 1 aliphatic heterocycles. The van der Waals surface area contributed by atoms with Gasteiger partial charge in [0, 0.05) is 31.5 Å². The van der Waals surface area contributed by atoms with Gasteiger partial charge in [-0.25, -0.2) is 0 Å². The van der Waals surface area contributed by atoms with Crippen molar-refractivity contribution in [1.82, 2.24) is 9.88 Å². The highest BCUT2D eigenvalue weighted by Crippen LogP contribution is 2.34. The number of nitrogens with one attached hydrogen (secondary N) is 1. The van der Waals surface area contributed by atoms with Crippen molar-refractivity contribution >= 4 is 0 Å². The molecule has 0 amide bonds. The molecule has 2 heterocycles. The Labute approximate surface area is 113 Å². The van der Waals surface area contributed by atoms with Gasteiger partial charge in [0.15, 0.2) is 11.5 Å². The van der Waals surface area contributed by atoms with Gasteiger partial charge in [0.05, 0.1) is 0 Å². The molecule has 0 saturated carbocycles. The zero-order valence-electron chi connectivity index (χ0n) is 11.2. The van der Waals surface area contributed by atoms with Gasteiger partial charge in [0.25, 0.3) is 0 Å². The van der Waals surface area contributed by atoms with E-state index in [-0.39, 0.29) is 6.04 Å². The molecule has 1 N–H and O–H groups in total. The van der Waals surface area contributed by atoms with Crippen LogP contribution in [-0.4, -0.2) is 11.4 Å². The lowest BCUT2D eigenvalue weighted by atomic mass is 10.1. The maximum absolute atomic E-state index is 5.40. The second-order valence-electron chi connectivity index (χ2n) is 4.83. The van der Waals surface area contributed by atoms with Crippen molar-refractivity contribution < 1.29 is 9.47 Å². The number of fused-ring (bicyclic) bond motifs is 1. The molecule has 3 rings (SSSR count). The van der Waals surface area contributed by atoms with Gasteiger partial charge in [-0.05, 0) is 36.8 Å². The topological polar surface area (TPSA) is 35.4 Å². The van der Waals surface area contributed by atoms with E-state index in [2.05, 4.69) is 48.3 Å². The minimum absolute atomic E-state index is 0.268. The summed E-state index contributed by atoms with van der Waals surface area (Å²) >= 11 is 0. The van der Waals surface area contributed by atoms with Gasteiger partial charge < -0.3 is 19.4 Å². The van der Waals surface area contributed by atoms with Crippen molar-refractivity contribution in [2.75, 3.05) is 6.79 Å². The third-order valence-electron chi connectivity index (χ3n) is 3.54. The zero-order chi connectivity index (χ0) is 13.2. The molecule has 4 nitrogen and oxygen atoms in total.